The van der Waals surface area contributed by atoms with Crippen LogP contribution in [0, 0.1) is 5.92 Å². The van der Waals surface area contributed by atoms with Crippen LogP contribution in [-0.4, -0.2) is 62.2 Å². The molecule has 3 unspecified atom stereocenters. The predicted molar refractivity (Wildman–Crippen MR) is 73.3 cm³/mol. The molecule has 17 heavy (non-hydrogen) atoms. The lowest BCUT2D eigenvalue weighted by Gasteiger charge is -2.41. The lowest BCUT2D eigenvalue weighted by atomic mass is 9.82. The van der Waals surface area contributed by atoms with E-state index in [-0.39, 0.29) is 0 Å². The van der Waals surface area contributed by atoms with Crippen molar-refractivity contribution in [2.75, 3.05) is 40.3 Å². The molecule has 1 N–H and O–H groups in total. The molecular formula is C14H29N3. The van der Waals surface area contributed by atoms with Gasteiger partial charge in [-0.2, -0.15) is 0 Å². The molecule has 3 atom stereocenters. The van der Waals surface area contributed by atoms with Gasteiger partial charge in [0.2, 0.25) is 0 Å². The lowest BCUT2D eigenvalue weighted by Crippen LogP contribution is -2.53. The summed E-state index contributed by atoms with van der Waals surface area (Å²) in [6, 6.07) is 1.49. The standard InChI is InChI=1S/C14H29N3/c1-12-5-6-13(15-2)14(11-12)17-8-4-7-16(3)9-10-17/h12-15H,4-11H2,1-3H3. The number of hydrogen-bond acceptors (Lipinski definition) is 3. The molecule has 0 radical (unpaired) electrons. The van der Waals surface area contributed by atoms with Crippen LogP contribution in [0.5, 0.6) is 0 Å². The number of rotatable bonds is 2. The second kappa shape index (κ2) is 6.17. The van der Waals surface area contributed by atoms with E-state index in [1.165, 1.54) is 51.9 Å². The Bertz CT molecular complexity index is 232. The van der Waals surface area contributed by atoms with Gasteiger partial charge in [-0.25, -0.2) is 0 Å². The molecule has 0 amide bonds. The van der Waals surface area contributed by atoms with E-state index in [2.05, 4.69) is 36.1 Å². The summed E-state index contributed by atoms with van der Waals surface area (Å²) in [5, 5.41) is 3.55. The fourth-order valence-electron chi connectivity index (χ4n) is 3.49. The molecule has 2 aliphatic rings. The van der Waals surface area contributed by atoms with Gasteiger partial charge in [0.15, 0.2) is 0 Å². The molecular weight excluding hydrogens is 210 g/mol. The van der Waals surface area contributed by atoms with Crippen LogP contribution in [0.25, 0.3) is 0 Å². The van der Waals surface area contributed by atoms with Crippen LogP contribution in [0.15, 0.2) is 0 Å². The molecule has 0 bridgehead atoms. The van der Waals surface area contributed by atoms with E-state index in [1.807, 2.05) is 0 Å². The molecule has 2 fully saturated rings. The summed E-state index contributed by atoms with van der Waals surface area (Å²) < 4.78 is 0. The third-order valence-electron chi connectivity index (χ3n) is 4.67. The minimum Gasteiger partial charge on any atom is -0.315 e. The Morgan fingerprint density at radius 2 is 1.88 bits per heavy atom. The van der Waals surface area contributed by atoms with Gasteiger partial charge in [-0.3, -0.25) is 4.90 Å². The fraction of sp³-hybridized carbons (Fsp3) is 1.00. The Labute approximate surface area is 107 Å². The number of nitrogens with zero attached hydrogens (tertiary/aromatic N) is 2. The second-order valence-electron chi connectivity index (χ2n) is 6.07. The molecule has 1 saturated carbocycles. The van der Waals surface area contributed by atoms with E-state index in [0.717, 1.165) is 18.0 Å². The summed E-state index contributed by atoms with van der Waals surface area (Å²) in [5.41, 5.74) is 0. The number of hydrogen-bond donors (Lipinski definition) is 1. The fourth-order valence-corrected chi connectivity index (χ4v) is 3.49. The molecule has 0 spiro atoms. The van der Waals surface area contributed by atoms with Crippen molar-refractivity contribution in [3.05, 3.63) is 0 Å². The Hall–Kier alpha value is -0.120. The van der Waals surface area contributed by atoms with Crippen molar-refractivity contribution in [1.82, 2.24) is 15.1 Å². The molecule has 100 valence electrons. The highest BCUT2D eigenvalue weighted by molar-refractivity contribution is 4.90. The summed E-state index contributed by atoms with van der Waals surface area (Å²) in [7, 11) is 4.39. The molecule has 0 aromatic carbocycles. The topological polar surface area (TPSA) is 18.5 Å². The highest BCUT2D eigenvalue weighted by Gasteiger charge is 2.32. The van der Waals surface area contributed by atoms with E-state index < -0.39 is 0 Å². The Morgan fingerprint density at radius 3 is 2.65 bits per heavy atom. The van der Waals surface area contributed by atoms with Crippen molar-refractivity contribution in [3.8, 4) is 0 Å². The quantitative estimate of drug-likeness (QED) is 0.786. The van der Waals surface area contributed by atoms with Crippen LogP contribution in [0.2, 0.25) is 0 Å². The molecule has 1 aliphatic heterocycles. The average Bonchev–Trinajstić information content (AvgIpc) is 2.54. The maximum atomic E-state index is 3.55. The average molecular weight is 239 g/mol. The second-order valence-corrected chi connectivity index (χ2v) is 6.07. The van der Waals surface area contributed by atoms with Crippen molar-refractivity contribution >= 4 is 0 Å². The first kappa shape index (κ1) is 13.3. The first-order valence-corrected chi connectivity index (χ1v) is 7.30. The summed E-state index contributed by atoms with van der Waals surface area (Å²) in [6.07, 6.45) is 5.47. The monoisotopic (exact) mass is 239 g/mol. The first-order valence-electron chi connectivity index (χ1n) is 7.30. The van der Waals surface area contributed by atoms with Crippen molar-refractivity contribution in [2.24, 2.45) is 5.92 Å². The van der Waals surface area contributed by atoms with Gasteiger partial charge in [-0.05, 0) is 58.8 Å². The first-order chi connectivity index (χ1) is 8.20. The van der Waals surface area contributed by atoms with Gasteiger partial charge < -0.3 is 10.2 Å². The molecule has 3 nitrogen and oxygen atoms in total. The number of nitrogens with one attached hydrogen (secondary N) is 1. The zero-order valence-corrected chi connectivity index (χ0v) is 11.8. The van der Waals surface area contributed by atoms with Crippen LogP contribution in [0.1, 0.15) is 32.6 Å². The zero-order chi connectivity index (χ0) is 12.3. The SMILES string of the molecule is CNC1CCC(C)CC1N1CCCN(C)CC1. The Balaban J connectivity index is 1.97. The molecule has 1 saturated heterocycles. The lowest BCUT2D eigenvalue weighted by molar-refractivity contribution is 0.108. The molecule has 3 heteroatoms. The van der Waals surface area contributed by atoms with Gasteiger partial charge in [0, 0.05) is 25.2 Å². The normalized spacial score (nSPS) is 37.9. The van der Waals surface area contributed by atoms with Gasteiger partial charge in [-0.1, -0.05) is 6.92 Å². The van der Waals surface area contributed by atoms with Crippen LogP contribution in [-0.2, 0) is 0 Å². The van der Waals surface area contributed by atoms with E-state index in [0.29, 0.717) is 0 Å². The molecule has 1 aliphatic carbocycles. The summed E-state index contributed by atoms with van der Waals surface area (Å²) in [6.45, 7) is 7.47. The number of likely N-dealkylation sites (N-methyl/N-ethyl adjacent to an activating group) is 2. The maximum absolute atomic E-state index is 3.55. The molecule has 0 aromatic heterocycles. The van der Waals surface area contributed by atoms with Crippen LogP contribution >= 0.6 is 0 Å². The minimum absolute atomic E-state index is 0.717. The van der Waals surface area contributed by atoms with Crippen LogP contribution < -0.4 is 5.32 Å². The minimum atomic E-state index is 0.717. The van der Waals surface area contributed by atoms with Crippen molar-refractivity contribution in [3.63, 3.8) is 0 Å². The molecule has 2 rings (SSSR count). The summed E-state index contributed by atoms with van der Waals surface area (Å²) in [5.74, 6) is 0.908. The van der Waals surface area contributed by atoms with E-state index in [9.17, 15) is 0 Å². The molecule has 0 aromatic rings. The van der Waals surface area contributed by atoms with Crippen molar-refractivity contribution in [1.29, 1.82) is 0 Å². The van der Waals surface area contributed by atoms with Gasteiger partial charge in [0.25, 0.3) is 0 Å². The van der Waals surface area contributed by atoms with Crippen LogP contribution in [0.3, 0.4) is 0 Å². The highest BCUT2D eigenvalue weighted by Crippen LogP contribution is 2.28. The van der Waals surface area contributed by atoms with Crippen LogP contribution in [0.4, 0.5) is 0 Å². The summed E-state index contributed by atoms with van der Waals surface area (Å²) >= 11 is 0. The van der Waals surface area contributed by atoms with E-state index in [1.54, 1.807) is 0 Å². The molecule has 1 heterocycles. The van der Waals surface area contributed by atoms with Crippen molar-refractivity contribution in [2.45, 2.75) is 44.7 Å². The zero-order valence-electron chi connectivity index (χ0n) is 11.8. The van der Waals surface area contributed by atoms with E-state index in [4.69, 9.17) is 0 Å². The third-order valence-corrected chi connectivity index (χ3v) is 4.67. The van der Waals surface area contributed by atoms with Gasteiger partial charge in [0.05, 0.1) is 0 Å². The van der Waals surface area contributed by atoms with Gasteiger partial charge in [-0.15, -0.1) is 0 Å². The Kier molecular flexibility index (Phi) is 4.83. The Morgan fingerprint density at radius 1 is 1.06 bits per heavy atom. The summed E-state index contributed by atoms with van der Waals surface area (Å²) in [4.78, 5) is 5.22. The predicted octanol–water partition coefficient (Wildman–Crippen LogP) is 1.40. The smallest absolute Gasteiger partial charge is 0.0252 e. The van der Waals surface area contributed by atoms with E-state index >= 15 is 0 Å². The van der Waals surface area contributed by atoms with Gasteiger partial charge in [0.1, 0.15) is 0 Å². The maximum Gasteiger partial charge on any atom is 0.0252 e. The highest BCUT2D eigenvalue weighted by atomic mass is 15.2. The van der Waals surface area contributed by atoms with Crippen molar-refractivity contribution < 1.29 is 0 Å². The van der Waals surface area contributed by atoms with Gasteiger partial charge >= 0.3 is 0 Å². The third kappa shape index (κ3) is 3.43. The largest absolute Gasteiger partial charge is 0.315 e.